The van der Waals surface area contributed by atoms with Crippen LogP contribution in [0.1, 0.15) is 94.1 Å². The lowest BCUT2D eigenvalue weighted by Crippen LogP contribution is -2.61. The summed E-state index contributed by atoms with van der Waals surface area (Å²) in [7, 11) is 3.63. The number of esters is 2. The first-order chi connectivity index (χ1) is 26.5. The molecule has 1 amide bonds. The van der Waals surface area contributed by atoms with Crippen molar-refractivity contribution in [2.24, 2.45) is 23.7 Å². The Balaban J connectivity index is 1.94. The third kappa shape index (κ3) is 9.24. The fourth-order valence-corrected chi connectivity index (χ4v) is 9.15. The van der Waals surface area contributed by atoms with E-state index >= 15 is 0 Å². The van der Waals surface area contributed by atoms with Gasteiger partial charge in [-0.3, -0.25) is 33.4 Å². The number of cyclic esters (lactones) is 1. The minimum absolute atomic E-state index is 0.174. The molecule has 57 heavy (non-hydrogen) atoms. The van der Waals surface area contributed by atoms with Crippen molar-refractivity contribution in [3.8, 4) is 6.07 Å². The lowest BCUT2D eigenvalue weighted by atomic mass is 9.73. The van der Waals surface area contributed by atoms with Crippen LogP contribution in [0.15, 0.2) is 18.5 Å². The highest BCUT2D eigenvalue weighted by Gasteiger charge is 2.60. The van der Waals surface area contributed by atoms with Gasteiger partial charge in [-0.2, -0.15) is 5.26 Å². The van der Waals surface area contributed by atoms with Gasteiger partial charge in [0.25, 0.3) is 5.17 Å². The smallest absolute Gasteiger partial charge is 0.418 e. The van der Waals surface area contributed by atoms with Gasteiger partial charge in [0.15, 0.2) is 23.8 Å². The largest absolute Gasteiger partial charge is 0.458 e. The summed E-state index contributed by atoms with van der Waals surface area (Å²) in [5.74, 6) is -7.57. The van der Waals surface area contributed by atoms with Crippen molar-refractivity contribution >= 4 is 52.9 Å². The standard InChI is InChI=1S/C40H56N4O12S/c1-13-29-40(10)33(44(25(7)45)38(57)56-40)22(4)30(47)20(2)17-39(9,55-37(50)43-15-14-27(18-41)19-43)34(23(5)31(48)24(6)35(49)53-29)54-36-32(52-26(8)46)28(42(11)12)16-21(3)51-36/h14-15,19-24,28-29,32-34,36H,13,16-17H2,1-12H3/t20-,21-,22+,23+,24-,28+,29-,32-,33-,34-,36+,39-,40-/m1/s1. The Bertz CT molecular complexity index is 1790. The van der Waals surface area contributed by atoms with Crippen LogP contribution in [0.5, 0.6) is 0 Å². The van der Waals surface area contributed by atoms with Crippen molar-refractivity contribution in [1.82, 2.24) is 14.4 Å². The van der Waals surface area contributed by atoms with Crippen molar-refractivity contribution in [1.29, 1.82) is 5.26 Å². The number of nitriles is 1. The first-order valence-electron chi connectivity index (χ1n) is 19.3. The Kier molecular flexibility index (Phi) is 14.1. The molecule has 3 saturated heterocycles. The Hall–Kier alpha value is -4.24. The van der Waals surface area contributed by atoms with Crippen molar-refractivity contribution < 1.29 is 57.2 Å². The van der Waals surface area contributed by atoms with Gasteiger partial charge in [-0.25, -0.2) is 4.79 Å². The number of carbonyl (C=O) groups is 6. The van der Waals surface area contributed by atoms with Crippen molar-refractivity contribution in [2.75, 3.05) is 14.1 Å². The Morgan fingerprint density at radius 2 is 1.70 bits per heavy atom. The van der Waals surface area contributed by atoms with Gasteiger partial charge in [0.05, 0.1) is 23.8 Å². The molecule has 3 aliphatic heterocycles. The molecule has 0 N–H and O–H groups in total. The van der Waals surface area contributed by atoms with Gasteiger partial charge in [0.1, 0.15) is 35.6 Å². The fourth-order valence-electron chi connectivity index (χ4n) is 8.73. The number of rotatable bonds is 6. The second kappa shape index (κ2) is 17.7. The van der Waals surface area contributed by atoms with E-state index in [9.17, 15) is 34.0 Å². The highest BCUT2D eigenvalue weighted by molar-refractivity contribution is 7.80. The maximum Gasteiger partial charge on any atom is 0.418 e. The number of aromatic nitrogens is 1. The summed E-state index contributed by atoms with van der Waals surface area (Å²) in [4.78, 5) is 86.0. The molecule has 0 saturated carbocycles. The van der Waals surface area contributed by atoms with E-state index in [-0.39, 0.29) is 29.4 Å². The number of Topliss-reactive ketones (excluding diaryl/α,β-unsaturated/α-hetero) is 2. The zero-order valence-electron chi connectivity index (χ0n) is 34.8. The van der Waals surface area contributed by atoms with Crippen LogP contribution >= 0.6 is 12.2 Å². The SMILES string of the molecule is CC[C@H]1OC(=O)[C@H](C)C(=O)[C@H](C)[C@@H](O[C@@H]2O[C@H](C)C[C@H](N(C)C)[C@H]2OC(C)=O)[C@](C)(OC(=O)n2ccc(C#N)c2)C[C@@H](C)C(=O)[C@H](C)[C@H]2N(C(C)=O)C(=S)O[C@]12C. The summed E-state index contributed by atoms with van der Waals surface area (Å²) < 4.78 is 38.4. The van der Waals surface area contributed by atoms with Crippen LogP contribution in [0.3, 0.4) is 0 Å². The molecule has 3 aliphatic rings. The summed E-state index contributed by atoms with van der Waals surface area (Å²) >= 11 is 5.50. The Morgan fingerprint density at radius 1 is 1.05 bits per heavy atom. The van der Waals surface area contributed by atoms with Crippen molar-refractivity contribution in [3.05, 3.63) is 24.0 Å². The molecule has 0 bridgehead atoms. The van der Waals surface area contributed by atoms with Gasteiger partial charge >= 0.3 is 18.0 Å². The molecule has 4 heterocycles. The Morgan fingerprint density at radius 3 is 2.25 bits per heavy atom. The average Bonchev–Trinajstić information content (AvgIpc) is 3.73. The van der Waals surface area contributed by atoms with E-state index in [2.05, 4.69) is 0 Å². The van der Waals surface area contributed by atoms with Crippen LogP contribution < -0.4 is 0 Å². The number of hydrogen-bond donors (Lipinski definition) is 0. The molecule has 16 nitrogen and oxygen atoms in total. The topological polar surface area (TPSA) is 193 Å². The van der Waals surface area contributed by atoms with Crippen molar-refractivity contribution in [2.45, 2.75) is 142 Å². The van der Waals surface area contributed by atoms with Crippen LogP contribution in [0, 0.1) is 35.0 Å². The molecule has 0 spiro atoms. The number of likely N-dealkylation sites (N-methyl/N-ethyl adjacent to an activating group) is 1. The van der Waals surface area contributed by atoms with E-state index < -0.39 is 107 Å². The third-order valence-corrected chi connectivity index (χ3v) is 11.8. The maximum absolute atomic E-state index is 14.7. The van der Waals surface area contributed by atoms with E-state index in [1.54, 1.807) is 27.7 Å². The molecule has 0 unspecified atom stereocenters. The molecule has 4 rings (SSSR count). The monoisotopic (exact) mass is 816 g/mol. The van der Waals surface area contributed by atoms with Gasteiger partial charge in [-0.05, 0) is 79.3 Å². The minimum atomic E-state index is -1.86. The van der Waals surface area contributed by atoms with Gasteiger partial charge in [0, 0.05) is 44.0 Å². The first-order valence-corrected chi connectivity index (χ1v) is 19.7. The number of fused-ring (bicyclic) bond motifs is 1. The number of thiocarbonyl (C=S) groups is 1. The molecule has 0 aliphatic carbocycles. The molecule has 1 aromatic rings. The summed E-state index contributed by atoms with van der Waals surface area (Å²) in [5.41, 5.74) is -3.17. The van der Waals surface area contributed by atoms with E-state index in [1.807, 2.05) is 32.0 Å². The molecule has 314 valence electrons. The number of ether oxygens (including phenoxy) is 6. The van der Waals surface area contributed by atoms with E-state index in [4.69, 9.17) is 40.6 Å². The quantitative estimate of drug-likeness (QED) is 0.172. The van der Waals surface area contributed by atoms with Gasteiger partial charge < -0.3 is 33.3 Å². The van der Waals surface area contributed by atoms with Crippen LogP contribution in [-0.4, -0.2) is 123 Å². The van der Waals surface area contributed by atoms with Crippen molar-refractivity contribution in [3.63, 3.8) is 0 Å². The lowest BCUT2D eigenvalue weighted by molar-refractivity contribution is -0.295. The van der Waals surface area contributed by atoms with Crippen LogP contribution in [0.25, 0.3) is 0 Å². The third-order valence-electron chi connectivity index (χ3n) is 11.6. The second-order valence-corrected chi connectivity index (χ2v) is 16.6. The van der Waals surface area contributed by atoms with Gasteiger partial charge in [-0.1, -0.05) is 27.7 Å². The number of carbonyl (C=O) groups excluding carboxylic acids is 6. The van der Waals surface area contributed by atoms with Gasteiger partial charge in [0.2, 0.25) is 5.91 Å². The molecule has 3 fully saturated rings. The summed E-state index contributed by atoms with van der Waals surface area (Å²) in [6.45, 7) is 15.4. The molecule has 1 aromatic heterocycles. The van der Waals surface area contributed by atoms with Gasteiger partial charge in [-0.15, -0.1) is 0 Å². The Labute approximate surface area is 339 Å². The molecular formula is C40H56N4O12S. The highest BCUT2D eigenvalue weighted by Crippen LogP contribution is 2.43. The lowest BCUT2D eigenvalue weighted by Gasteiger charge is -2.47. The van der Waals surface area contributed by atoms with Crippen LogP contribution in [0.2, 0.25) is 0 Å². The molecule has 0 radical (unpaired) electrons. The minimum Gasteiger partial charge on any atom is -0.458 e. The van der Waals surface area contributed by atoms with Crippen LogP contribution in [-0.2, 0) is 52.4 Å². The summed E-state index contributed by atoms with van der Waals surface area (Å²) in [6, 6.07) is 1.95. The van der Waals surface area contributed by atoms with Crippen LogP contribution in [0.4, 0.5) is 4.79 Å². The number of amides is 1. The predicted molar refractivity (Wildman–Crippen MR) is 206 cm³/mol. The zero-order valence-corrected chi connectivity index (χ0v) is 35.6. The summed E-state index contributed by atoms with van der Waals surface area (Å²) in [6.07, 6.45) is -3.17. The first kappa shape index (κ1) is 45.5. The predicted octanol–water partition coefficient (Wildman–Crippen LogP) is 4.18. The number of hydrogen-bond acceptors (Lipinski definition) is 15. The molecule has 0 aromatic carbocycles. The molecule has 13 atom stereocenters. The number of ketones is 2. The molecular weight excluding hydrogens is 761 g/mol. The zero-order chi connectivity index (χ0) is 42.9. The average molecular weight is 817 g/mol. The highest BCUT2D eigenvalue weighted by atomic mass is 32.1. The summed E-state index contributed by atoms with van der Waals surface area (Å²) in [5, 5.41) is 9.27. The van der Waals surface area contributed by atoms with E-state index in [0.717, 1.165) is 4.57 Å². The number of nitrogens with zero attached hydrogens (tertiary/aromatic N) is 4. The van der Waals surface area contributed by atoms with E-state index in [0.29, 0.717) is 6.42 Å². The second-order valence-electron chi connectivity index (χ2n) is 16.2. The fraction of sp³-hybridized carbons (Fsp3) is 0.700. The normalized spacial score (nSPS) is 36.7. The maximum atomic E-state index is 14.7. The molecule has 17 heteroatoms. The van der Waals surface area contributed by atoms with E-state index in [1.165, 1.54) is 58.0 Å².